The van der Waals surface area contributed by atoms with Gasteiger partial charge in [-0.1, -0.05) is 137 Å². The zero-order valence-corrected chi connectivity index (χ0v) is 37.9. The van der Waals surface area contributed by atoms with E-state index in [2.05, 4.69) is 62.5 Å². The van der Waals surface area contributed by atoms with E-state index in [-0.39, 0.29) is 12.8 Å². The van der Waals surface area contributed by atoms with Crippen LogP contribution < -0.4 is 0 Å². The van der Waals surface area contributed by atoms with Gasteiger partial charge < -0.3 is 45.0 Å². The molecule has 0 heterocycles. The third-order valence-electron chi connectivity index (χ3n) is 9.82. The number of phosphoric ester groups is 1. The summed E-state index contributed by atoms with van der Waals surface area (Å²) < 4.78 is 33.4. The number of unbranched alkanes of at least 4 members (excludes halogenated alkanes) is 8. The van der Waals surface area contributed by atoms with Gasteiger partial charge in [0.1, 0.15) is 43.2 Å². The van der Waals surface area contributed by atoms with Crippen LogP contribution >= 0.6 is 7.82 Å². The molecule has 0 aromatic heterocycles. The number of phosphoric acid groups is 1. The van der Waals surface area contributed by atoms with Gasteiger partial charge in [0, 0.05) is 12.8 Å². The van der Waals surface area contributed by atoms with Gasteiger partial charge in [-0.25, -0.2) is 4.57 Å². The molecule has 1 fully saturated rings. The Labute approximate surface area is 370 Å². The van der Waals surface area contributed by atoms with Crippen LogP contribution in [0.4, 0.5) is 0 Å². The number of carbonyl (C=O) groups excluding carboxylic acids is 2. The molecule has 0 aromatic rings. The van der Waals surface area contributed by atoms with E-state index in [1.807, 2.05) is 30.4 Å². The predicted octanol–water partition coefficient (Wildman–Crippen LogP) is 7.47. The van der Waals surface area contributed by atoms with Crippen LogP contribution in [0.2, 0.25) is 0 Å². The SMILES string of the molecule is CC/C=C/C/C=C/C=C/C(O)CCCCCCCC(=O)O[C@H](COC(=O)CCC/C=C\C/C=C\C/C=C\C/C=C\CCCCC)COP(=O)(O)OC1[C@H](O)[C@H](O)C(O)[C@H](O)[C@H]1O. The third kappa shape index (κ3) is 28.6. The van der Waals surface area contributed by atoms with E-state index in [4.69, 9.17) is 18.5 Å². The van der Waals surface area contributed by atoms with E-state index in [0.29, 0.717) is 32.1 Å². The normalized spacial score (nSPS) is 23.2. The summed E-state index contributed by atoms with van der Waals surface area (Å²) in [5.41, 5.74) is 0. The van der Waals surface area contributed by atoms with Crippen molar-refractivity contribution in [1.82, 2.24) is 0 Å². The zero-order valence-electron chi connectivity index (χ0n) is 37.0. The maximum Gasteiger partial charge on any atom is 0.472 e. The Balaban J connectivity index is 2.56. The minimum atomic E-state index is -5.16. The summed E-state index contributed by atoms with van der Waals surface area (Å²) in [6, 6.07) is 0. The van der Waals surface area contributed by atoms with Gasteiger partial charge in [-0.15, -0.1) is 0 Å². The summed E-state index contributed by atoms with van der Waals surface area (Å²) in [5.74, 6) is -1.25. The van der Waals surface area contributed by atoms with Crippen molar-refractivity contribution in [3.63, 3.8) is 0 Å². The maximum absolute atomic E-state index is 12.8. The van der Waals surface area contributed by atoms with E-state index < -0.39 is 81.8 Å². The molecule has 0 aliphatic heterocycles. The first-order valence-corrected chi connectivity index (χ1v) is 24.0. The lowest BCUT2D eigenvalue weighted by molar-refractivity contribution is -0.220. The van der Waals surface area contributed by atoms with Crippen molar-refractivity contribution in [2.75, 3.05) is 13.2 Å². The molecule has 62 heavy (non-hydrogen) atoms. The second-order valence-electron chi connectivity index (χ2n) is 15.4. The van der Waals surface area contributed by atoms with Crippen molar-refractivity contribution in [2.45, 2.75) is 185 Å². The highest BCUT2D eigenvalue weighted by Gasteiger charge is 2.51. The van der Waals surface area contributed by atoms with Gasteiger partial charge in [0.2, 0.25) is 0 Å². The summed E-state index contributed by atoms with van der Waals surface area (Å²) in [5, 5.41) is 60.3. The van der Waals surface area contributed by atoms with Crippen LogP contribution in [0.1, 0.15) is 136 Å². The van der Waals surface area contributed by atoms with Crippen molar-refractivity contribution in [2.24, 2.45) is 0 Å². The molecule has 0 bridgehead atoms. The monoisotopic (exact) mass is 897 g/mol. The van der Waals surface area contributed by atoms with Gasteiger partial charge in [-0.2, -0.15) is 0 Å². The van der Waals surface area contributed by atoms with Gasteiger partial charge in [-0.05, 0) is 70.6 Å². The number of ether oxygens (including phenoxy) is 2. The van der Waals surface area contributed by atoms with E-state index >= 15 is 0 Å². The molecule has 9 atom stereocenters. The zero-order chi connectivity index (χ0) is 45.9. The molecule has 0 aromatic carbocycles. The van der Waals surface area contributed by atoms with Gasteiger partial charge >= 0.3 is 19.8 Å². The van der Waals surface area contributed by atoms with Gasteiger partial charge in [0.25, 0.3) is 0 Å². The number of esters is 2. The number of allylic oxidation sites excluding steroid dienone is 13. The number of aliphatic hydroxyl groups excluding tert-OH is 6. The quantitative estimate of drug-likeness (QED) is 0.0108. The minimum Gasteiger partial charge on any atom is -0.462 e. The van der Waals surface area contributed by atoms with E-state index in [1.165, 1.54) is 19.3 Å². The Morgan fingerprint density at radius 2 is 1.13 bits per heavy atom. The Morgan fingerprint density at radius 3 is 1.76 bits per heavy atom. The Morgan fingerprint density at radius 1 is 0.597 bits per heavy atom. The fraction of sp³-hybridized carbons (Fsp3) is 0.660. The standard InChI is InChI=1S/C47H77O14P/c1-3-5-7-9-11-12-13-14-15-16-17-18-19-20-22-26-30-34-40(49)58-36-39(37-59-62(56,57)61-47-45(54)43(52)42(51)44(53)46(47)55)60-41(50)35-31-27-23-25-29-33-38(48)32-28-24-21-10-8-6-4-2/h6,8,11-12,14-15,17-18,20-22,24,28,32,38-39,42-48,51-55H,3-5,7,9-10,13,16,19,23,25-27,29-31,33-37H2,1-2H3,(H,56,57)/b8-6+,12-11-,15-14-,18-17-,22-20-,24-21+,32-28+/t38?,39-,42?,43-,44+,45-,46-,47?/m1/s1. The average Bonchev–Trinajstić information content (AvgIpc) is 3.25. The fourth-order valence-corrected chi connectivity index (χ4v) is 7.14. The van der Waals surface area contributed by atoms with Crippen LogP contribution in [0.15, 0.2) is 85.1 Å². The molecule has 1 aliphatic rings. The largest absolute Gasteiger partial charge is 0.472 e. The Hall–Kier alpha value is -3.01. The molecule has 1 saturated carbocycles. The van der Waals surface area contributed by atoms with Crippen molar-refractivity contribution in [1.29, 1.82) is 0 Å². The second kappa shape index (κ2) is 36.3. The number of hydrogen-bond acceptors (Lipinski definition) is 13. The smallest absolute Gasteiger partial charge is 0.462 e. The lowest BCUT2D eigenvalue weighted by Crippen LogP contribution is -2.64. The van der Waals surface area contributed by atoms with Crippen molar-refractivity contribution < 1.29 is 68.2 Å². The molecule has 0 amide bonds. The first-order chi connectivity index (χ1) is 29.8. The predicted molar refractivity (Wildman–Crippen MR) is 241 cm³/mol. The molecule has 354 valence electrons. The van der Waals surface area contributed by atoms with Crippen molar-refractivity contribution >= 4 is 19.8 Å². The molecule has 1 rings (SSSR count). The van der Waals surface area contributed by atoms with Crippen LogP contribution in [-0.4, -0.2) is 110 Å². The van der Waals surface area contributed by atoms with Gasteiger partial charge in [-0.3, -0.25) is 18.6 Å². The Kier molecular flexibility index (Phi) is 33.4. The van der Waals surface area contributed by atoms with Crippen LogP contribution in [0, 0.1) is 0 Å². The molecule has 1 aliphatic carbocycles. The second-order valence-corrected chi connectivity index (χ2v) is 16.8. The molecule has 7 N–H and O–H groups in total. The molecular weight excluding hydrogens is 819 g/mol. The summed E-state index contributed by atoms with van der Waals surface area (Å²) in [4.78, 5) is 35.7. The molecular formula is C47H77O14P. The lowest BCUT2D eigenvalue weighted by Gasteiger charge is -2.41. The summed E-state index contributed by atoms with van der Waals surface area (Å²) in [6.45, 7) is 2.99. The lowest BCUT2D eigenvalue weighted by atomic mass is 9.85. The highest BCUT2D eigenvalue weighted by Crippen LogP contribution is 2.47. The Bertz CT molecular complexity index is 1420. The molecule has 0 spiro atoms. The first-order valence-electron chi connectivity index (χ1n) is 22.5. The summed E-state index contributed by atoms with van der Waals surface area (Å²) in [6.07, 6.45) is 29.4. The third-order valence-corrected chi connectivity index (χ3v) is 10.8. The van der Waals surface area contributed by atoms with Gasteiger partial charge in [0.15, 0.2) is 6.10 Å². The minimum absolute atomic E-state index is 0.0104. The number of hydrogen-bond donors (Lipinski definition) is 7. The summed E-state index contributed by atoms with van der Waals surface area (Å²) >= 11 is 0. The van der Waals surface area contributed by atoms with E-state index in [1.54, 1.807) is 6.08 Å². The molecule has 14 nitrogen and oxygen atoms in total. The van der Waals surface area contributed by atoms with Crippen molar-refractivity contribution in [3.05, 3.63) is 85.1 Å². The summed E-state index contributed by atoms with van der Waals surface area (Å²) in [7, 11) is -5.16. The van der Waals surface area contributed by atoms with Crippen LogP contribution in [0.3, 0.4) is 0 Å². The van der Waals surface area contributed by atoms with Crippen LogP contribution in [0.25, 0.3) is 0 Å². The molecule has 0 radical (unpaired) electrons. The molecule has 4 unspecified atom stereocenters. The average molecular weight is 897 g/mol. The number of rotatable bonds is 35. The van der Waals surface area contributed by atoms with E-state index in [9.17, 15) is 49.7 Å². The highest BCUT2D eigenvalue weighted by atomic mass is 31.2. The van der Waals surface area contributed by atoms with Crippen LogP contribution in [0.5, 0.6) is 0 Å². The fourth-order valence-electron chi connectivity index (χ4n) is 6.17. The molecule has 15 heteroatoms. The number of aliphatic hydroxyl groups is 6. The van der Waals surface area contributed by atoms with E-state index in [0.717, 1.165) is 57.8 Å². The first kappa shape index (κ1) is 57.0. The van der Waals surface area contributed by atoms with Crippen molar-refractivity contribution in [3.8, 4) is 0 Å². The van der Waals surface area contributed by atoms with Gasteiger partial charge in [0.05, 0.1) is 12.7 Å². The molecule has 0 saturated heterocycles. The van der Waals surface area contributed by atoms with Crippen LogP contribution in [-0.2, 0) is 32.7 Å². The maximum atomic E-state index is 12.8. The highest BCUT2D eigenvalue weighted by molar-refractivity contribution is 7.47. The topological polar surface area (TPSA) is 230 Å². The number of carbonyl (C=O) groups is 2.